The number of hydrogen-bond acceptors (Lipinski definition) is 4. The highest BCUT2D eigenvalue weighted by Crippen LogP contribution is 2.19. The first-order valence-electron chi connectivity index (χ1n) is 8.17. The van der Waals surface area contributed by atoms with E-state index >= 15 is 0 Å². The molecule has 24 heavy (non-hydrogen) atoms. The highest BCUT2D eigenvalue weighted by Gasteiger charge is 2.14. The zero-order valence-corrected chi connectivity index (χ0v) is 15.2. The molecule has 0 radical (unpaired) electrons. The number of amides is 1. The summed E-state index contributed by atoms with van der Waals surface area (Å²) in [5.74, 6) is 0.530. The quantitative estimate of drug-likeness (QED) is 0.795. The van der Waals surface area contributed by atoms with E-state index in [1.165, 1.54) is 6.26 Å². The van der Waals surface area contributed by atoms with Crippen molar-refractivity contribution < 1.29 is 13.4 Å². The molecule has 0 spiro atoms. The second-order valence-corrected chi connectivity index (χ2v) is 7.28. The fraction of sp³-hybridized carbons (Fsp3) is 0.444. The molecular weight excluding hydrogens is 324 g/mol. The van der Waals surface area contributed by atoms with Gasteiger partial charge in [-0.3, -0.25) is 9.00 Å². The zero-order valence-electron chi connectivity index (χ0n) is 14.4. The van der Waals surface area contributed by atoms with Gasteiger partial charge in [-0.05, 0) is 31.9 Å². The van der Waals surface area contributed by atoms with E-state index in [9.17, 15) is 9.00 Å². The van der Waals surface area contributed by atoms with Gasteiger partial charge in [0.05, 0.1) is 11.4 Å². The van der Waals surface area contributed by atoms with E-state index in [-0.39, 0.29) is 23.5 Å². The van der Waals surface area contributed by atoms with Gasteiger partial charge in [-0.1, -0.05) is 31.5 Å². The van der Waals surface area contributed by atoms with Crippen LogP contribution in [0.2, 0.25) is 0 Å². The summed E-state index contributed by atoms with van der Waals surface area (Å²) in [5.41, 5.74) is 2.64. The van der Waals surface area contributed by atoms with Gasteiger partial charge in [0.1, 0.15) is 12.0 Å². The SMILES string of the molecule is CCC(CC)NC(=O)C[S@](=O)Cc1coc(-c2ccc(C)cc2)n1. The summed E-state index contributed by atoms with van der Waals surface area (Å²) in [6, 6.07) is 7.99. The number of nitrogens with one attached hydrogen (secondary N) is 1. The summed E-state index contributed by atoms with van der Waals surface area (Å²) in [5, 5.41) is 2.89. The molecule has 1 atom stereocenters. The Bertz CT molecular complexity index is 691. The van der Waals surface area contributed by atoms with Gasteiger partial charge >= 0.3 is 0 Å². The van der Waals surface area contributed by atoms with Crippen molar-refractivity contribution in [3.05, 3.63) is 41.8 Å². The lowest BCUT2D eigenvalue weighted by molar-refractivity contribution is -0.119. The lowest BCUT2D eigenvalue weighted by atomic mass is 10.1. The Morgan fingerprint density at radius 1 is 1.25 bits per heavy atom. The van der Waals surface area contributed by atoms with Crippen molar-refractivity contribution in [2.75, 3.05) is 5.75 Å². The Kier molecular flexibility index (Phi) is 6.73. The van der Waals surface area contributed by atoms with Crippen LogP contribution >= 0.6 is 0 Å². The minimum Gasteiger partial charge on any atom is -0.444 e. The molecule has 1 heterocycles. The van der Waals surface area contributed by atoms with Gasteiger partial charge in [-0.15, -0.1) is 0 Å². The molecule has 1 amide bonds. The molecule has 1 aromatic heterocycles. The van der Waals surface area contributed by atoms with Crippen LogP contribution in [0, 0.1) is 6.92 Å². The summed E-state index contributed by atoms with van der Waals surface area (Å²) in [4.78, 5) is 16.2. The largest absolute Gasteiger partial charge is 0.444 e. The second-order valence-electron chi connectivity index (χ2n) is 5.82. The van der Waals surface area contributed by atoms with Gasteiger partial charge in [0.25, 0.3) is 0 Å². The summed E-state index contributed by atoms with van der Waals surface area (Å²) in [6.45, 7) is 6.06. The number of rotatable bonds is 8. The molecule has 0 aliphatic rings. The monoisotopic (exact) mass is 348 g/mol. The Morgan fingerprint density at radius 3 is 2.54 bits per heavy atom. The van der Waals surface area contributed by atoms with Crippen molar-refractivity contribution in [2.24, 2.45) is 0 Å². The van der Waals surface area contributed by atoms with Crippen LogP contribution in [-0.2, 0) is 21.3 Å². The van der Waals surface area contributed by atoms with Crippen molar-refractivity contribution >= 4 is 16.7 Å². The molecule has 0 aliphatic heterocycles. The number of aryl methyl sites for hydroxylation is 1. The molecule has 0 aliphatic carbocycles. The molecule has 0 bridgehead atoms. The minimum absolute atomic E-state index is 0.0107. The van der Waals surface area contributed by atoms with Gasteiger partial charge in [0.2, 0.25) is 11.8 Å². The number of carbonyl (C=O) groups excluding carboxylic acids is 1. The smallest absolute Gasteiger partial charge is 0.232 e. The van der Waals surface area contributed by atoms with Crippen LogP contribution < -0.4 is 5.32 Å². The maximum absolute atomic E-state index is 12.1. The van der Waals surface area contributed by atoms with Crippen molar-refractivity contribution in [1.82, 2.24) is 10.3 Å². The first-order valence-corrected chi connectivity index (χ1v) is 9.66. The van der Waals surface area contributed by atoms with Crippen LogP contribution in [-0.4, -0.2) is 26.9 Å². The van der Waals surface area contributed by atoms with Crippen molar-refractivity contribution in [1.29, 1.82) is 0 Å². The lowest BCUT2D eigenvalue weighted by Crippen LogP contribution is -2.36. The molecular formula is C18H24N2O3S. The average Bonchev–Trinajstić information content (AvgIpc) is 3.01. The molecule has 0 unspecified atom stereocenters. The van der Waals surface area contributed by atoms with E-state index < -0.39 is 10.8 Å². The molecule has 1 aromatic carbocycles. The van der Waals surface area contributed by atoms with E-state index in [0.29, 0.717) is 11.6 Å². The van der Waals surface area contributed by atoms with Crippen LogP contribution in [0.4, 0.5) is 0 Å². The normalized spacial score (nSPS) is 12.3. The summed E-state index contributed by atoms with van der Waals surface area (Å²) in [7, 11) is -1.30. The lowest BCUT2D eigenvalue weighted by Gasteiger charge is -2.14. The van der Waals surface area contributed by atoms with E-state index in [0.717, 1.165) is 24.0 Å². The fourth-order valence-corrected chi connectivity index (χ4v) is 3.27. The highest BCUT2D eigenvalue weighted by molar-refractivity contribution is 7.84. The third-order valence-corrected chi connectivity index (χ3v) is 5.00. The standard InChI is InChI=1S/C18H24N2O3S/c1-4-15(5-2)19-17(21)12-24(22)11-16-10-23-18(20-16)14-8-6-13(3)7-9-14/h6-10,15H,4-5,11-12H2,1-3H3,(H,19,21)/t24-/m1/s1. The molecule has 0 saturated carbocycles. The molecule has 1 N–H and O–H groups in total. The Hall–Kier alpha value is -1.95. The summed E-state index contributed by atoms with van der Waals surface area (Å²) in [6.07, 6.45) is 3.25. The second kappa shape index (κ2) is 8.78. The number of nitrogens with zero attached hydrogens (tertiary/aromatic N) is 1. The van der Waals surface area contributed by atoms with E-state index in [2.05, 4.69) is 10.3 Å². The highest BCUT2D eigenvalue weighted by atomic mass is 32.2. The Labute approximate surface area is 145 Å². The predicted molar refractivity (Wildman–Crippen MR) is 95.9 cm³/mol. The minimum atomic E-state index is -1.30. The number of aromatic nitrogens is 1. The van der Waals surface area contributed by atoms with Crippen LogP contribution in [0.1, 0.15) is 37.9 Å². The van der Waals surface area contributed by atoms with E-state index in [1.54, 1.807) is 0 Å². The van der Waals surface area contributed by atoms with Crippen molar-refractivity contribution in [3.8, 4) is 11.5 Å². The van der Waals surface area contributed by atoms with E-state index in [1.807, 2.05) is 45.0 Å². The average molecular weight is 348 g/mol. The van der Waals surface area contributed by atoms with Crippen molar-refractivity contribution in [3.63, 3.8) is 0 Å². The molecule has 2 rings (SSSR count). The Balaban J connectivity index is 1.91. The maximum atomic E-state index is 12.1. The van der Waals surface area contributed by atoms with Crippen LogP contribution in [0.15, 0.2) is 34.9 Å². The summed E-state index contributed by atoms with van der Waals surface area (Å²) >= 11 is 0. The maximum Gasteiger partial charge on any atom is 0.232 e. The molecule has 0 saturated heterocycles. The van der Waals surface area contributed by atoms with Gasteiger partial charge in [0, 0.05) is 22.4 Å². The first-order chi connectivity index (χ1) is 11.5. The van der Waals surface area contributed by atoms with Gasteiger partial charge in [-0.25, -0.2) is 4.98 Å². The number of oxazole rings is 1. The number of hydrogen-bond donors (Lipinski definition) is 1. The molecule has 6 heteroatoms. The summed E-state index contributed by atoms with van der Waals surface area (Å²) < 4.78 is 17.6. The van der Waals surface area contributed by atoms with Crippen LogP contribution in [0.25, 0.3) is 11.5 Å². The topological polar surface area (TPSA) is 72.2 Å². The Morgan fingerprint density at radius 2 is 1.92 bits per heavy atom. The van der Waals surface area contributed by atoms with Gasteiger partial charge < -0.3 is 9.73 Å². The third-order valence-electron chi connectivity index (χ3n) is 3.80. The molecule has 2 aromatic rings. The molecule has 0 fully saturated rings. The predicted octanol–water partition coefficient (Wildman–Crippen LogP) is 3.20. The van der Waals surface area contributed by atoms with Crippen molar-refractivity contribution in [2.45, 2.75) is 45.4 Å². The molecule has 5 nitrogen and oxygen atoms in total. The van der Waals surface area contributed by atoms with Crippen LogP contribution in [0.3, 0.4) is 0 Å². The molecule has 130 valence electrons. The van der Waals surface area contributed by atoms with Gasteiger partial charge in [-0.2, -0.15) is 0 Å². The third kappa shape index (κ3) is 5.30. The van der Waals surface area contributed by atoms with E-state index in [4.69, 9.17) is 4.42 Å². The fourth-order valence-electron chi connectivity index (χ4n) is 2.33. The van der Waals surface area contributed by atoms with Gasteiger partial charge in [0.15, 0.2) is 0 Å². The zero-order chi connectivity index (χ0) is 17.5. The first kappa shape index (κ1) is 18.4. The van der Waals surface area contributed by atoms with Crippen LogP contribution in [0.5, 0.6) is 0 Å². The number of carbonyl (C=O) groups is 1. The number of benzene rings is 1.